The molecule has 29 heavy (non-hydrogen) atoms. The Balaban J connectivity index is 0.00000205. The predicted molar refractivity (Wildman–Crippen MR) is 131 cm³/mol. The molecular weight excluding hydrogens is 415 g/mol. The molecule has 5 rings (SSSR count). The van der Waals surface area contributed by atoms with Gasteiger partial charge in [-0.25, -0.2) is 0 Å². The van der Waals surface area contributed by atoms with E-state index >= 15 is 0 Å². The molecule has 0 unspecified atom stereocenters. The van der Waals surface area contributed by atoms with Crippen molar-refractivity contribution in [2.45, 2.75) is 0 Å². The van der Waals surface area contributed by atoms with Gasteiger partial charge in [-0.3, -0.25) is 0 Å². The minimum atomic E-state index is -3.04. The van der Waals surface area contributed by atoms with Crippen LogP contribution in [-0.4, -0.2) is 16.0 Å². The summed E-state index contributed by atoms with van der Waals surface area (Å²) in [4.78, 5) is 6.23. The molecule has 0 radical (unpaired) electrons. The number of benzene rings is 3. The summed E-state index contributed by atoms with van der Waals surface area (Å²) in [7, 11) is 0. The summed E-state index contributed by atoms with van der Waals surface area (Å²) in [5, 5.41) is 6.11. The summed E-state index contributed by atoms with van der Waals surface area (Å²) in [6, 6.07) is 32.7. The molecule has 0 aliphatic heterocycles. The Morgan fingerprint density at radius 1 is 0.724 bits per heavy atom. The Kier molecular flexibility index (Phi) is 5.08. The minimum absolute atomic E-state index is 0. The number of aromatic nitrogens is 2. The zero-order valence-corrected chi connectivity index (χ0v) is 18.6. The van der Waals surface area contributed by atoms with Crippen molar-refractivity contribution >= 4 is 56.7 Å². The third-order valence-electron chi connectivity index (χ3n) is 5.85. The fourth-order valence-corrected chi connectivity index (χ4v) is 10.5. The smallest absolute Gasteiger partial charge is 0.147 e. The van der Waals surface area contributed by atoms with Gasteiger partial charge in [0.15, 0.2) is 0 Å². The van der Waals surface area contributed by atoms with Crippen LogP contribution < -0.4 is 21.5 Å². The average molecular weight is 437 g/mol. The van der Waals surface area contributed by atoms with Crippen molar-refractivity contribution in [3.63, 3.8) is 0 Å². The second-order valence-electron chi connectivity index (χ2n) is 7.24. The second-order valence-corrected chi connectivity index (χ2v) is 13.2. The maximum atomic E-state index is 5.06. The van der Waals surface area contributed by atoms with Crippen LogP contribution in [0.25, 0.3) is 4.83 Å². The fourth-order valence-electron chi connectivity index (χ4n) is 4.33. The number of rotatable bonds is 4. The number of thiazole rings is 1. The van der Waals surface area contributed by atoms with Gasteiger partial charge in [-0.15, -0.1) is 12.4 Å². The Labute approximate surface area is 181 Å². The molecule has 5 aromatic rings. The number of fused-ring (bicyclic) bond motifs is 1. The third-order valence-corrected chi connectivity index (χ3v) is 12.7. The van der Waals surface area contributed by atoms with Crippen molar-refractivity contribution in [3.8, 4) is 0 Å². The van der Waals surface area contributed by atoms with Crippen molar-refractivity contribution in [2.24, 2.45) is 0 Å². The van der Waals surface area contributed by atoms with E-state index < -0.39 is 6.60 Å². The zero-order chi connectivity index (χ0) is 19.1. The standard InChI is InChI=1S/C24H21N2PS.ClH/c1-27(20-11-5-2-6-12-20,21-13-7-3-8-14-21,22-15-9-4-10-16-22)24-25-19-23-26(24)17-18-28-23;/h2-19H,1H3;1H. The molecule has 0 saturated heterocycles. The Hall–Kier alpha value is -2.45. The van der Waals surface area contributed by atoms with Gasteiger partial charge in [0.05, 0.1) is 0 Å². The molecule has 0 aliphatic carbocycles. The Bertz CT molecular complexity index is 1130. The molecule has 0 amide bonds. The van der Waals surface area contributed by atoms with Crippen LogP contribution in [-0.2, 0) is 0 Å². The van der Waals surface area contributed by atoms with Gasteiger partial charge < -0.3 is 0 Å². The summed E-state index contributed by atoms with van der Waals surface area (Å²) < 4.78 is 2.29. The van der Waals surface area contributed by atoms with E-state index in [4.69, 9.17) is 4.98 Å². The van der Waals surface area contributed by atoms with Gasteiger partial charge in [-0.2, -0.15) is 0 Å². The first kappa shape index (κ1) is 19.8. The molecule has 0 fully saturated rings. The molecule has 0 bridgehead atoms. The monoisotopic (exact) mass is 436 g/mol. The van der Waals surface area contributed by atoms with Gasteiger partial charge >= 0.3 is 169 Å². The molecule has 0 N–H and O–H groups in total. The molecule has 3 aromatic carbocycles. The van der Waals surface area contributed by atoms with E-state index in [1.54, 1.807) is 11.3 Å². The van der Waals surface area contributed by atoms with Gasteiger partial charge in [-0.1, -0.05) is 0 Å². The first-order chi connectivity index (χ1) is 13.7. The second kappa shape index (κ2) is 7.42. The van der Waals surface area contributed by atoms with E-state index in [1.165, 1.54) is 20.7 Å². The summed E-state index contributed by atoms with van der Waals surface area (Å²) in [6.07, 6.45) is 4.17. The molecular formula is C24H22ClN2PS. The van der Waals surface area contributed by atoms with E-state index in [2.05, 4.69) is 114 Å². The predicted octanol–water partition coefficient (Wildman–Crippen LogP) is 4.60. The van der Waals surface area contributed by atoms with E-state index in [9.17, 15) is 0 Å². The van der Waals surface area contributed by atoms with Gasteiger partial charge in [0, 0.05) is 0 Å². The Morgan fingerprint density at radius 3 is 1.62 bits per heavy atom. The summed E-state index contributed by atoms with van der Waals surface area (Å²) in [5.74, 6) is 0. The number of hydrogen-bond acceptors (Lipinski definition) is 2. The molecule has 0 aliphatic rings. The maximum absolute atomic E-state index is 5.06. The molecule has 2 nitrogen and oxygen atoms in total. The van der Waals surface area contributed by atoms with Crippen LogP contribution in [0.1, 0.15) is 0 Å². The Morgan fingerprint density at radius 2 is 1.17 bits per heavy atom. The van der Waals surface area contributed by atoms with Gasteiger partial charge in [0.25, 0.3) is 0 Å². The normalized spacial score (nSPS) is 12.8. The van der Waals surface area contributed by atoms with E-state index in [0.29, 0.717) is 0 Å². The molecule has 5 heteroatoms. The first-order valence-electron chi connectivity index (χ1n) is 9.32. The molecule has 0 atom stereocenters. The fraction of sp³-hybridized carbons (Fsp3) is 0.0417. The molecule has 146 valence electrons. The maximum Gasteiger partial charge on any atom is -0.147 e. The number of nitrogens with zero attached hydrogens (tertiary/aromatic N) is 2. The summed E-state index contributed by atoms with van der Waals surface area (Å²) >= 11 is 1.73. The van der Waals surface area contributed by atoms with Gasteiger partial charge in [-0.05, 0) is 0 Å². The number of hydrogen-bond donors (Lipinski definition) is 0. The zero-order valence-electron chi connectivity index (χ0n) is 16.1. The van der Waals surface area contributed by atoms with Crippen LogP contribution in [0.2, 0.25) is 0 Å². The van der Waals surface area contributed by atoms with Crippen molar-refractivity contribution in [3.05, 3.63) is 109 Å². The molecule has 0 saturated carbocycles. The van der Waals surface area contributed by atoms with Crippen LogP contribution in [0.3, 0.4) is 0 Å². The van der Waals surface area contributed by atoms with E-state index in [-0.39, 0.29) is 12.4 Å². The number of imidazole rings is 1. The van der Waals surface area contributed by atoms with E-state index in [1.807, 2.05) is 6.20 Å². The van der Waals surface area contributed by atoms with Gasteiger partial charge in [0.2, 0.25) is 0 Å². The van der Waals surface area contributed by atoms with Gasteiger partial charge in [0.1, 0.15) is 0 Å². The summed E-state index contributed by atoms with van der Waals surface area (Å²) in [6.45, 7) is -0.596. The van der Waals surface area contributed by atoms with Crippen molar-refractivity contribution in [1.29, 1.82) is 0 Å². The van der Waals surface area contributed by atoms with Crippen molar-refractivity contribution in [1.82, 2.24) is 9.38 Å². The van der Waals surface area contributed by atoms with Crippen LogP contribution in [0.15, 0.2) is 109 Å². The van der Waals surface area contributed by atoms with Crippen LogP contribution >= 0.6 is 30.3 Å². The molecule has 2 heterocycles. The van der Waals surface area contributed by atoms with Crippen LogP contribution in [0, 0.1) is 0 Å². The summed E-state index contributed by atoms with van der Waals surface area (Å²) in [5.41, 5.74) is 1.13. The molecule has 0 spiro atoms. The van der Waals surface area contributed by atoms with Crippen LogP contribution in [0.5, 0.6) is 0 Å². The van der Waals surface area contributed by atoms with Crippen LogP contribution in [0.4, 0.5) is 0 Å². The SMILES string of the molecule is CP(c1ccccc1)(c1ccccc1)(c1ccccc1)c1ncc2sccn12.Cl. The topological polar surface area (TPSA) is 17.3 Å². The quantitative estimate of drug-likeness (QED) is 0.376. The average Bonchev–Trinajstić information content (AvgIpc) is 3.40. The number of halogens is 1. The molecule has 2 aromatic heterocycles. The third kappa shape index (κ3) is 2.69. The van der Waals surface area contributed by atoms with Crippen molar-refractivity contribution in [2.75, 3.05) is 6.66 Å². The van der Waals surface area contributed by atoms with Crippen molar-refractivity contribution < 1.29 is 0 Å². The minimum Gasteiger partial charge on any atom is -0.147 e. The van der Waals surface area contributed by atoms with E-state index in [0.717, 1.165) is 5.57 Å². The largest absolute Gasteiger partial charge is 0.147 e. The first-order valence-corrected chi connectivity index (χ1v) is 12.9.